The first kappa shape index (κ1) is 16.1. The monoisotopic (exact) mass is 334 g/mol. The number of aromatic nitrogens is 2. The van der Waals surface area contributed by atoms with Crippen molar-refractivity contribution in [2.45, 2.75) is 0 Å². The summed E-state index contributed by atoms with van der Waals surface area (Å²) in [4.78, 5) is 27.9. The van der Waals surface area contributed by atoms with Crippen LogP contribution >= 0.6 is 0 Å². The van der Waals surface area contributed by atoms with E-state index in [9.17, 15) is 9.59 Å². The Morgan fingerprint density at radius 1 is 1.08 bits per heavy atom. The van der Waals surface area contributed by atoms with E-state index in [2.05, 4.69) is 15.5 Å². The zero-order valence-corrected chi connectivity index (χ0v) is 13.0. The van der Waals surface area contributed by atoms with Gasteiger partial charge in [0.1, 0.15) is 11.3 Å². The van der Waals surface area contributed by atoms with Crippen LogP contribution in [-0.2, 0) is 4.79 Å². The lowest BCUT2D eigenvalue weighted by Gasteiger charge is -2.00. The number of pyridine rings is 1. The van der Waals surface area contributed by atoms with Gasteiger partial charge in [0.2, 0.25) is 5.88 Å². The highest BCUT2D eigenvalue weighted by atomic mass is 16.5. The molecule has 2 amide bonds. The average molecular weight is 334 g/mol. The van der Waals surface area contributed by atoms with Crippen LogP contribution in [0.4, 0.5) is 5.88 Å². The van der Waals surface area contributed by atoms with Gasteiger partial charge in [0.15, 0.2) is 0 Å². The van der Waals surface area contributed by atoms with Crippen LogP contribution in [0.2, 0.25) is 0 Å². The quantitative estimate of drug-likeness (QED) is 0.696. The molecule has 1 aromatic carbocycles. The van der Waals surface area contributed by atoms with Crippen molar-refractivity contribution in [2.24, 2.45) is 5.73 Å². The van der Waals surface area contributed by atoms with Gasteiger partial charge in [-0.15, -0.1) is 0 Å². The van der Waals surface area contributed by atoms with Gasteiger partial charge < -0.3 is 10.3 Å². The fourth-order valence-electron chi connectivity index (χ4n) is 2.17. The molecule has 0 saturated heterocycles. The van der Waals surface area contributed by atoms with E-state index in [1.165, 1.54) is 6.08 Å². The number of nitrogens with one attached hydrogen (secondary N) is 1. The Hall–Kier alpha value is -3.74. The summed E-state index contributed by atoms with van der Waals surface area (Å²) in [6.07, 6.45) is 4.51. The standard InChI is InChI=1S/C18H14N4O3/c19-17(24)15-16(13-8-4-5-11-20-13)22-25-18(15)21-14(23)10-9-12-6-2-1-3-7-12/h1-11H,(H2,19,24)(H,21,23). The molecule has 7 heteroatoms. The zero-order valence-electron chi connectivity index (χ0n) is 13.0. The lowest BCUT2D eigenvalue weighted by molar-refractivity contribution is -0.112. The second kappa shape index (κ2) is 7.22. The number of rotatable bonds is 5. The van der Waals surface area contributed by atoms with Crippen molar-refractivity contribution in [3.8, 4) is 11.4 Å². The predicted molar refractivity (Wildman–Crippen MR) is 92.4 cm³/mol. The maximum Gasteiger partial charge on any atom is 0.256 e. The van der Waals surface area contributed by atoms with Crippen molar-refractivity contribution in [1.29, 1.82) is 0 Å². The Bertz CT molecular complexity index is 918. The second-order valence-electron chi connectivity index (χ2n) is 5.05. The third kappa shape index (κ3) is 3.78. The highest BCUT2D eigenvalue weighted by Crippen LogP contribution is 2.27. The van der Waals surface area contributed by atoms with E-state index in [-0.39, 0.29) is 17.1 Å². The molecule has 0 fully saturated rings. The van der Waals surface area contributed by atoms with Crippen molar-refractivity contribution in [3.63, 3.8) is 0 Å². The number of primary amides is 1. The fourth-order valence-corrected chi connectivity index (χ4v) is 2.17. The Morgan fingerprint density at radius 3 is 2.52 bits per heavy atom. The van der Waals surface area contributed by atoms with Gasteiger partial charge in [0.25, 0.3) is 11.8 Å². The van der Waals surface area contributed by atoms with E-state index in [1.54, 1.807) is 30.5 Å². The minimum absolute atomic E-state index is 0.0276. The minimum atomic E-state index is -0.774. The van der Waals surface area contributed by atoms with Crippen LogP contribution in [0, 0.1) is 0 Å². The Labute approximate surface area is 143 Å². The number of hydrogen-bond acceptors (Lipinski definition) is 5. The fraction of sp³-hybridized carbons (Fsp3) is 0. The molecule has 0 radical (unpaired) electrons. The van der Waals surface area contributed by atoms with Gasteiger partial charge in [0.05, 0.1) is 5.69 Å². The van der Waals surface area contributed by atoms with Crippen molar-refractivity contribution < 1.29 is 14.1 Å². The third-order valence-corrected chi connectivity index (χ3v) is 3.31. The van der Waals surface area contributed by atoms with E-state index in [1.807, 2.05) is 30.3 Å². The summed E-state index contributed by atoms with van der Waals surface area (Å²) in [5, 5.41) is 6.27. The summed E-state index contributed by atoms with van der Waals surface area (Å²) in [5.74, 6) is -1.37. The maximum atomic E-state index is 12.1. The summed E-state index contributed by atoms with van der Waals surface area (Å²) in [6, 6.07) is 14.4. The van der Waals surface area contributed by atoms with E-state index in [0.717, 1.165) is 5.56 Å². The molecular weight excluding hydrogens is 320 g/mol. The van der Waals surface area contributed by atoms with Crippen molar-refractivity contribution in [3.05, 3.63) is 71.9 Å². The highest BCUT2D eigenvalue weighted by molar-refractivity contribution is 6.08. The number of anilines is 1. The minimum Gasteiger partial charge on any atom is -0.365 e. The number of nitrogens with zero attached hydrogens (tertiary/aromatic N) is 2. The smallest absolute Gasteiger partial charge is 0.256 e. The number of benzene rings is 1. The van der Waals surface area contributed by atoms with Crippen LogP contribution in [0.15, 0.2) is 65.3 Å². The molecule has 2 heterocycles. The molecular formula is C18H14N4O3. The molecule has 0 atom stereocenters. The lowest BCUT2D eigenvalue weighted by atomic mass is 10.1. The molecule has 0 saturated carbocycles. The topological polar surface area (TPSA) is 111 Å². The van der Waals surface area contributed by atoms with Crippen LogP contribution in [-0.4, -0.2) is 22.0 Å². The van der Waals surface area contributed by atoms with Gasteiger partial charge in [-0.1, -0.05) is 41.6 Å². The van der Waals surface area contributed by atoms with Crippen molar-refractivity contribution in [2.75, 3.05) is 5.32 Å². The molecule has 0 aliphatic heterocycles. The number of carbonyl (C=O) groups is 2. The molecule has 3 N–H and O–H groups in total. The van der Waals surface area contributed by atoms with Gasteiger partial charge in [-0.25, -0.2) is 0 Å². The summed E-state index contributed by atoms with van der Waals surface area (Å²) >= 11 is 0. The van der Waals surface area contributed by atoms with Gasteiger partial charge in [-0.05, 0) is 23.8 Å². The molecule has 2 aromatic heterocycles. The number of hydrogen-bond donors (Lipinski definition) is 2. The Morgan fingerprint density at radius 2 is 1.84 bits per heavy atom. The van der Waals surface area contributed by atoms with E-state index in [0.29, 0.717) is 5.69 Å². The molecule has 25 heavy (non-hydrogen) atoms. The van der Waals surface area contributed by atoms with Gasteiger partial charge in [-0.2, -0.15) is 0 Å². The molecule has 124 valence electrons. The van der Waals surface area contributed by atoms with Gasteiger partial charge in [-0.3, -0.25) is 19.9 Å². The first-order valence-electron chi connectivity index (χ1n) is 7.40. The lowest BCUT2D eigenvalue weighted by Crippen LogP contribution is -2.16. The molecule has 0 aliphatic rings. The van der Waals surface area contributed by atoms with E-state index < -0.39 is 11.8 Å². The SMILES string of the molecule is NC(=O)c1c(-c2ccccn2)noc1NC(=O)C=Cc1ccccc1. The van der Waals surface area contributed by atoms with Crippen LogP contribution in [0.5, 0.6) is 0 Å². The van der Waals surface area contributed by atoms with E-state index in [4.69, 9.17) is 10.3 Å². The zero-order chi connectivity index (χ0) is 17.6. The van der Waals surface area contributed by atoms with Crippen LogP contribution in [0.1, 0.15) is 15.9 Å². The maximum absolute atomic E-state index is 12.1. The number of carbonyl (C=O) groups excluding carboxylic acids is 2. The highest BCUT2D eigenvalue weighted by Gasteiger charge is 2.23. The van der Waals surface area contributed by atoms with Crippen LogP contribution in [0.3, 0.4) is 0 Å². The molecule has 0 spiro atoms. The van der Waals surface area contributed by atoms with Crippen LogP contribution in [0.25, 0.3) is 17.5 Å². The third-order valence-electron chi connectivity index (χ3n) is 3.31. The molecule has 0 unspecified atom stereocenters. The Kier molecular flexibility index (Phi) is 4.66. The largest absolute Gasteiger partial charge is 0.365 e. The summed E-state index contributed by atoms with van der Waals surface area (Å²) in [5.41, 5.74) is 6.83. The first-order valence-corrected chi connectivity index (χ1v) is 7.40. The number of amides is 2. The van der Waals surface area contributed by atoms with Crippen molar-refractivity contribution in [1.82, 2.24) is 10.1 Å². The van der Waals surface area contributed by atoms with Gasteiger partial charge in [0, 0.05) is 12.3 Å². The van der Waals surface area contributed by atoms with Crippen LogP contribution < -0.4 is 11.1 Å². The number of nitrogens with two attached hydrogens (primary N) is 1. The molecule has 0 bridgehead atoms. The van der Waals surface area contributed by atoms with E-state index >= 15 is 0 Å². The predicted octanol–water partition coefficient (Wildman–Crippen LogP) is 2.49. The first-order chi connectivity index (χ1) is 12.1. The molecule has 3 rings (SSSR count). The summed E-state index contributed by atoms with van der Waals surface area (Å²) in [7, 11) is 0. The van der Waals surface area contributed by atoms with Gasteiger partial charge >= 0.3 is 0 Å². The molecule has 3 aromatic rings. The second-order valence-corrected chi connectivity index (χ2v) is 5.05. The Balaban J connectivity index is 1.83. The van der Waals surface area contributed by atoms with Crippen molar-refractivity contribution >= 4 is 23.8 Å². The summed E-state index contributed by atoms with van der Waals surface area (Å²) in [6.45, 7) is 0. The molecule has 7 nitrogen and oxygen atoms in total. The molecule has 0 aliphatic carbocycles. The average Bonchev–Trinajstić information content (AvgIpc) is 3.05. The normalized spacial score (nSPS) is 10.7. The summed E-state index contributed by atoms with van der Waals surface area (Å²) < 4.78 is 5.08.